The van der Waals surface area contributed by atoms with E-state index in [1.807, 2.05) is 0 Å². The van der Waals surface area contributed by atoms with Gasteiger partial charge in [0.1, 0.15) is 7.05 Å². The Hall–Kier alpha value is -3.78. The average molecular weight is 468 g/mol. The number of rotatable bonds is 6. The quantitative estimate of drug-likeness (QED) is 0.149. The van der Waals surface area contributed by atoms with Crippen molar-refractivity contribution in [1.82, 2.24) is 0 Å². The Balaban J connectivity index is 0.000000683. The highest BCUT2D eigenvalue weighted by Gasteiger charge is 2.15. The summed E-state index contributed by atoms with van der Waals surface area (Å²) in [7, 11) is 2.12. The first kappa shape index (κ1) is 31.2. The summed E-state index contributed by atoms with van der Waals surface area (Å²) in [5.41, 5.74) is 7.71. The molecule has 1 heterocycles. The van der Waals surface area contributed by atoms with Gasteiger partial charge < -0.3 is 0 Å². The minimum absolute atomic E-state index is 1.17. The average Bonchev–Trinajstić information content (AvgIpc) is 2.90. The maximum Gasteiger partial charge on any atom is 0.212 e. The lowest BCUT2D eigenvalue weighted by molar-refractivity contribution is -0.660. The molecule has 3 rings (SSSR count). The van der Waals surface area contributed by atoms with Crippen LogP contribution in [-0.4, -0.2) is 6.72 Å². The van der Waals surface area contributed by atoms with Crippen molar-refractivity contribution in [2.75, 3.05) is 0 Å². The fourth-order valence-electron chi connectivity index (χ4n) is 3.13. The van der Waals surface area contributed by atoms with Crippen molar-refractivity contribution in [3.05, 3.63) is 128 Å². The minimum Gasteiger partial charge on any atom is -0.273 e. The largest absolute Gasteiger partial charge is 0.273 e. The molecular weight excluding hydrogens is 424 g/mol. The van der Waals surface area contributed by atoms with E-state index in [9.17, 15) is 0 Å². The van der Waals surface area contributed by atoms with E-state index in [2.05, 4.69) is 150 Å². The molecule has 0 aliphatic carbocycles. The number of benzene rings is 2. The van der Waals surface area contributed by atoms with Crippen LogP contribution >= 0.6 is 0 Å². The van der Waals surface area contributed by atoms with E-state index in [1.165, 1.54) is 52.6 Å². The standard InChI is InChI=1S/C20H20N.C6H12.C4H6.C3H5N/c1-15-9-7-8-12-18(15)20-13-16(2)19(14-21(20)3)17-10-5-4-6-11-17;1-3-5-6-4-2;2*1-3-4-2/h4-14H,1-3H3;5-6H,3-4H2,1-2H3;3-4H,1-2H2;3H,1-2H2/q+1;;;. The second-order valence-electron chi connectivity index (χ2n) is 7.67. The fraction of sp³-hybridized carbons (Fsp3) is 0.212. The summed E-state index contributed by atoms with van der Waals surface area (Å²) < 4.78 is 2.22. The molecule has 0 spiro atoms. The number of allylic oxidation sites excluding steroid dienone is 4. The zero-order valence-electron chi connectivity index (χ0n) is 22.4. The Kier molecular flexibility index (Phi) is 17.5. The van der Waals surface area contributed by atoms with Crippen LogP contribution in [0.25, 0.3) is 22.4 Å². The predicted molar refractivity (Wildman–Crippen MR) is 158 cm³/mol. The molecule has 0 bridgehead atoms. The molecule has 0 aliphatic heterocycles. The molecule has 0 aliphatic rings. The number of nitrogens with zero attached hydrogens (tertiary/aromatic N) is 2. The van der Waals surface area contributed by atoms with Crippen molar-refractivity contribution in [2.24, 2.45) is 12.0 Å². The van der Waals surface area contributed by atoms with E-state index in [4.69, 9.17) is 0 Å². The van der Waals surface area contributed by atoms with Crippen LogP contribution in [0.5, 0.6) is 0 Å². The van der Waals surface area contributed by atoms with E-state index >= 15 is 0 Å². The molecule has 0 saturated carbocycles. The van der Waals surface area contributed by atoms with Gasteiger partial charge in [0.05, 0.1) is 0 Å². The Morgan fingerprint density at radius 3 is 1.74 bits per heavy atom. The van der Waals surface area contributed by atoms with Crippen molar-refractivity contribution in [1.29, 1.82) is 0 Å². The highest BCUT2D eigenvalue weighted by molar-refractivity contribution is 5.69. The lowest BCUT2D eigenvalue weighted by Gasteiger charge is -2.09. The van der Waals surface area contributed by atoms with Crippen LogP contribution in [0.4, 0.5) is 0 Å². The van der Waals surface area contributed by atoms with Crippen molar-refractivity contribution in [3.63, 3.8) is 0 Å². The van der Waals surface area contributed by atoms with Crippen LogP contribution < -0.4 is 4.57 Å². The maximum atomic E-state index is 3.36. The third kappa shape index (κ3) is 12.3. The second-order valence-corrected chi connectivity index (χ2v) is 7.67. The summed E-state index contributed by atoms with van der Waals surface area (Å²) >= 11 is 0. The van der Waals surface area contributed by atoms with E-state index in [0.717, 1.165) is 0 Å². The zero-order chi connectivity index (χ0) is 26.5. The van der Waals surface area contributed by atoms with Gasteiger partial charge in [0.2, 0.25) is 5.69 Å². The van der Waals surface area contributed by atoms with Gasteiger partial charge >= 0.3 is 0 Å². The highest BCUT2D eigenvalue weighted by Crippen LogP contribution is 2.26. The number of aromatic nitrogens is 1. The number of hydrogen-bond acceptors (Lipinski definition) is 1. The van der Waals surface area contributed by atoms with Crippen molar-refractivity contribution < 1.29 is 4.57 Å². The van der Waals surface area contributed by atoms with Gasteiger partial charge in [0, 0.05) is 23.4 Å². The first-order valence-corrected chi connectivity index (χ1v) is 12.0. The third-order valence-electron chi connectivity index (χ3n) is 4.92. The number of aryl methyl sites for hydroxylation is 3. The van der Waals surface area contributed by atoms with Gasteiger partial charge in [-0.05, 0) is 56.2 Å². The van der Waals surface area contributed by atoms with Crippen molar-refractivity contribution in [3.8, 4) is 22.4 Å². The zero-order valence-corrected chi connectivity index (χ0v) is 22.4. The Bertz CT molecular complexity index is 1030. The molecule has 0 unspecified atom stereocenters. The molecule has 1 aromatic heterocycles. The third-order valence-corrected chi connectivity index (χ3v) is 4.92. The smallest absolute Gasteiger partial charge is 0.212 e. The molecule has 0 saturated heterocycles. The van der Waals surface area contributed by atoms with Gasteiger partial charge in [0.25, 0.3) is 0 Å². The van der Waals surface area contributed by atoms with Crippen LogP contribution in [0.3, 0.4) is 0 Å². The number of aliphatic imine (C=N–C) groups is 1. The summed E-state index contributed by atoms with van der Waals surface area (Å²) in [6.45, 7) is 21.7. The fourth-order valence-corrected chi connectivity index (χ4v) is 3.13. The monoisotopic (exact) mass is 467 g/mol. The molecule has 2 aromatic carbocycles. The van der Waals surface area contributed by atoms with Gasteiger partial charge in [0.15, 0.2) is 6.20 Å². The summed E-state index contributed by atoms with van der Waals surface area (Å²) in [6, 6.07) is 21.4. The van der Waals surface area contributed by atoms with Crippen LogP contribution in [0.1, 0.15) is 37.8 Å². The topological polar surface area (TPSA) is 16.2 Å². The molecule has 35 heavy (non-hydrogen) atoms. The predicted octanol–water partition coefficient (Wildman–Crippen LogP) is 9.01. The molecule has 2 nitrogen and oxygen atoms in total. The molecule has 0 fully saturated rings. The van der Waals surface area contributed by atoms with E-state index < -0.39 is 0 Å². The van der Waals surface area contributed by atoms with Gasteiger partial charge in [-0.15, -0.1) is 0 Å². The molecular formula is C33H43N2+. The molecule has 0 amide bonds. The van der Waals surface area contributed by atoms with Gasteiger partial charge in [-0.25, -0.2) is 4.57 Å². The molecule has 184 valence electrons. The van der Waals surface area contributed by atoms with Crippen LogP contribution in [0.2, 0.25) is 0 Å². The lowest BCUT2D eigenvalue weighted by Crippen LogP contribution is -2.31. The van der Waals surface area contributed by atoms with Gasteiger partial charge in [-0.1, -0.05) is 106 Å². The van der Waals surface area contributed by atoms with E-state index in [0.29, 0.717) is 0 Å². The van der Waals surface area contributed by atoms with Crippen LogP contribution in [0.15, 0.2) is 122 Å². The first-order valence-electron chi connectivity index (χ1n) is 12.0. The molecule has 3 aromatic rings. The molecule has 0 atom stereocenters. The lowest BCUT2D eigenvalue weighted by atomic mass is 9.98. The van der Waals surface area contributed by atoms with E-state index in [-0.39, 0.29) is 0 Å². The van der Waals surface area contributed by atoms with E-state index in [1.54, 1.807) is 12.2 Å². The summed E-state index contributed by atoms with van der Waals surface area (Å²) in [5.74, 6) is 0. The second kappa shape index (κ2) is 19.7. The summed E-state index contributed by atoms with van der Waals surface area (Å²) in [5, 5.41) is 0. The summed E-state index contributed by atoms with van der Waals surface area (Å²) in [6.07, 6.45) is 13.6. The number of hydrogen-bond donors (Lipinski definition) is 0. The Morgan fingerprint density at radius 2 is 1.29 bits per heavy atom. The minimum atomic E-state index is 1.17. The van der Waals surface area contributed by atoms with Gasteiger partial charge in [-0.2, -0.15) is 0 Å². The SMILES string of the molecule is C=CC=C.C=CN=C.CCC=CCC.Cc1cc(-c2ccccc2C)[n+](C)cc1-c1ccccc1. The van der Waals surface area contributed by atoms with Gasteiger partial charge in [-0.3, -0.25) is 4.99 Å². The summed E-state index contributed by atoms with van der Waals surface area (Å²) in [4.78, 5) is 3.25. The normalized spacial score (nSPS) is 9.29. The maximum absolute atomic E-state index is 3.36. The van der Waals surface area contributed by atoms with Crippen molar-refractivity contribution in [2.45, 2.75) is 40.5 Å². The molecule has 0 N–H and O–H groups in total. The Labute approximate surface area is 214 Å². The van der Waals surface area contributed by atoms with Crippen LogP contribution in [-0.2, 0) is 7.05 Å². The molecule has 2 heteroatoms. The van der Waals surface area contributed by atoms with Crippen molar-refractivity contribution >= 4 is 6.72 Å². The number of pyridine rings is 1. The first-order chi connectivity index (χ1) is 16.9. The Morgan fingerprint density at radius 1 is 0.771 bits per heavy atom. The molecule has 0 radical (unpaired) electrons. The van der Waals surface area contributed by atoms with Crippen LogP contribution in [0, 0.1) is 13.8 Å². The highest BCUT2D eigenvalue weighted by atomic mass is 14.9.